The number of rotatable bonds is 7. The number of benzene rings is 2. The average molecular weight is 461 g/mol. The number of carbonyl (C=O) groups is 2. The quantitative estimate of drug-likeness (QED) is 0.470. The van der Waals surface area contributed by atoms with E-state index < -0.39 is 11.9 Å². The molecule has 2 atom stereocenters. The number of nitrogens with one attached hydrogen (secondary N) is 2. The predicted molar refractivity (Wildman–Crippen MR) is 133 cm³/mol. The average Bonchev–Trinajstić information content (AvgIpc) is 3.45. The zero-order valence-corrected chi connectivity index (χ0v) is 19.3. The van der Waals surface area contributed by atoms with E-state index in [-0.39, 0.29) is 12.8 Å². The molecule has 34 heavy (non-hydrogen) atoms. The smallest absolute Gasteiger partial charge is 0.303 e. The molecule has 0 saturated heterocycles. The van der Waals surface area contributed by atoms with Crippen LogP contribution in [0.3, 0.4) is 0 Å². The van der Waals surface area contributed by atoms with E-state index in [1.54, 1.807) is 0 Å². The molecule has 0 amide bonds. The van der Waals surface area contributed by atoms with Crippen LogP contribution in [0.2, 0.25) is 0 Å². The molecule has 6 nitrogen and oxygen atoms in total. The minimum absolute atomic E-state index is 0.296. The van der Waals surface area contributed by atoms with Crippen LogP contribution in [0.15, 0.2) is 48.5 Å². The molecule has 0 radical (unpaired) electrons. The molecule has 0 aliphatic heterocycles. The van der Waals surface area contributed by atoms with Gasteiger partial charge in [-0.25, -0.2) is 0 Å². The van der Waals surface area contributed by atoms with Gasteiger partial charge in [-0.2, -0.15) is 0 Å². The minimum Gasteiger partial charge on any atom is -0.481 e. The summed E-state index contributed by atoms with van der Waals surface area (Å²) in [7, 11) is 0. The van der Waals surface area contributed by atoms with Crippen LogP contribution >= 0.6 is 0 Å². The van der Waals surface area contributed by atoms with Crippen molar-refractivity contribution in [3.8, 4) is 24.7 Å². The fraction of sp³-hybridized carbons (Fsp3) is 0.357. The van der Waals surface area contributed by atoms with Crippen molar-refractivity contribution in [1.82, 2.24) is 10.6 Å². The van der Waals surface area contributed by atoms with Gasteiger partial charge in [0.1, 0.15) is 0 Å². The summed E-state index contributed by atoms with van der Waals surface area (Å²) in [6.07, 6.45) is 14.6. The Morgan fingerprint density at radius 2 is 1.15 bits per heavy atom. The van der Waals surface area contributed by atoms with Crippen molar-refractivity contribution in [2.75, 3.05) is 13.1 Å². The third-order valence-corrected chi connectivity index (χ3v) is 5.72. The Labute approximate surface area is 201 Å². The van der Waals surface area contributed by atoms with Crippen LogP contribution in [0.25, 0.3) is 0 Å². The first-order valence-electron chi connectivity index (χ1n) is 11.4. The molecule has 6 heteroatoms. The topological polar surface area (TPSA) is 98.7 Å². The summed E-state index contributed by atoms with van der Waals surface area (Å²) in [5.41, 5.74) is 5.80. The van der Waals surface area contributed by atoms with Crippen LogP contribution in [0.4, 0.5) is 0 Å². The number of terminal acetylenes is 2. The number of hydrogen-bond donors (Lipinski definition) is 4. The summed E-state index contributed by atoms with van der Waals surface area (Å²) >= 11 is 0. The van der Waals surface area contributed by atoms with Crippen LogP contribution in [-0.2, 0) is 22.4 Å². The maximum absolute atomic E-state index is 9.64. The lowest BCUT2D eigenvalue weighted by Gasteiger charge is -2.10. The number of carboxylic acid groups (broad SMARTS) is 2. The van der Waals surface area contributed by atoms with E-state index >= 15 is 0 Å². The van der Waals surface area contributed by atoms with Gasteiger partial charge in [0, 0.05) is 12.1 Å². The number of hydrogen-bond acceptors (Lipinski definition) is 4. The van der Waals surface area contributed by atoms with Crippen molar-refractivity contribution in [3.05, 3.63) is 70.8 Å². The third kappa shape index (κ3) is 8.75. The van der Waals surface area contributed by atoms with Gasteiger partial charge in [-0.05, 0) is 47.9 Å². The standard InChI is InChI=1S/2C12H13N.C4H6O4/c2*1-2-9-13-12-8-7-10-5-3-4-6-11(10)12;5-3(6)1-2-4(7)8/h2*1,3-6,12-13H,7-9H2;1-2H2,(H,5,6)(H,7,8)/t2*12-;/m11./s1. The van der Waals surface area contributed by atoms with E-state index in [0.717, 1.165) is 0 Å². The zero-order chi connectivity index (χ0) is 24.8. The Kier molecular flexibility index (Phi) is 11.4. The molecular formula is C28H32N2O4. The van der Waals surface area contributed by atoms with Gasteiger partial charge in [0.2, 0.25) is 0 Å². The molecule has 2 aromatic carbocycles. The molecule has 178 valence electrons. The second-order valence-electron chi connectivity index (χ2n) is 8.04. The second-order valence-corrected chi connectivity index (χ2v) is 8.04. The van der Waals surface area contributed by atoms with E-state index in [1.807, 2.05) is 0 Å². The SMILES string of the molecule is C#CCN[C@@H]1CCc2ccccc21.C#CCN[C@@H]1CCc2ccccc21.O=C(O)CCC(=O)O. The van der Waals surface area contributed by atoms with Gasteiger partial charge in [-0.3, -0.25) is 20.2 Å². The van der Waals surface area contributed by atoms with Crippen LogP contribution in [0.5, 0.6) is 0 Å². The Bertz CT molecular complexity index is 952. The highest BCUT2D eigenvalue weighted by atomic mass is 16.4. The first-order chi connectivity index (χ1) is 16.5. The van der Waals surface area contributed by atoms with E-state index in [4.69, 9.17) is 23.1 Å². The highest BCUT2D eigenvalue weighted by Gasteiger charge is 2.21. The normalized spacial score (nSPS) is 16.9. The Morgan fingerprint density at radius 1 is 0.765 bits per heavy atom. The van der Waals surface area contributed by atoms with E-state index in [0.29, 0.717) is 25.2 Å². The predicted octanol–water partition coefficient (Wildman–Crippen LogP) is 3.73. The van der Waals surface area contributed by atoms with Crippen LogP contribution in [0, 0.1) is 24.7 Å². The molecule has 0 aromatic heterocycles. The molecular weight excluding hydrogens is 428 g/mol. The molecule has 0 bridgehead atoms. The van der Waals surface area contributed by atoms with E-state index in [1.165, 1.54) is 47.9 Å². The molecule has 0 heterocycles. The summed E-state index contributed by atoms with van der Waals surface area (Å²) < 4.78 is 0. The lowest BCUT2D eigenvalue weighted by molar-refractivity contribution is -0.143. The lowest BCUT2D eigenvalue weighted by atomic mass is 10.1. The molecule has 0 fully saturated rings. The second kappa shape index (κ2) is 14.5. The van der Waals surface area contributed by atoms with Crippen molar-refractivity contribution >= 4 is 11.9 Å². The van der Waals surface area contributed by atoms with Crippen molar-refractivity contribution < 1.29 is 19.8 Å². The summed E-state index contributed by atoms with van der Waals surface area (Å²) in [6.45, 7) is 1.33. The highest BCUT2D eigenvalue weighted by Crippen LogP contribution is 2.31. The van der Waals surface area contributed by atoms with Crippen LogP contribution in [0.1, 0.15) is 60.0 Å². The van der Waals surface area contributed by atoms with Gasteiger partial charge >= 0.3 is 11.9 Å². The number of aryl methyl sites for hydroxylation is 2. The Morgan fingerprint density at radius 3 is 1.50 bits per heavy atom. The van der Waals surface area contributed by atoms with Gasteiger partial charge in [-0.15, -0.1) is 12.8 Å². The zero-order valence-electron chi connectivity index (χ0n) is 19.3. The summed E-state index contributed by atoms with van der Waals surface area (Å²) in [4.78, 5) is 19.3. The Balaban J connectivity index is 0.000000187. The van der Waals surface area contributed by atoms with Crippen LogP contribution in [-0.4, -0.2) is 35.2 Å². The maximum Gasteiger partial charge on any atom is 0.303 e. The molecule has 2 aliphatic carbocycles. The van der Waals surface area contributed by atoms with Gasteiger partial charge in [0.15, 0.2) is 0 Å². The largest absolute Gasteiger partial charge is 0.481 e. The van der Waals surface area contributed by atoms with E-state index in [9.17, 15) is 9.59 Å². The lowest BCUT2D eigenvalue weighted by Crippen LogP contribution is -2.19. The maximum atomic E-state index is 9.64. The monoisotopic (exact) mass is 460 g/mol. The minimum atomic E-state index is -1.08. The molecule has 0 spiro atoms. The van der Waals surface area contributed by atoms with Crippen molar-refractivity contribution in [2.45, 2.75) is 50.6 Å². The molecule has 0 unspecified atom stereocenters. The number of carboxylic acids is 2. The first kappa shape index (κ1) is 26.7. The third-order valence-electron chi connectivity index (χ3n) is 5.72. The van der Waals surface area contributed by atoms with Crippen molar-refractivity contribution in [2.24, 2.45) is 0 Å². The van der Waals surface area contributed by atoms with Gasteiger partial charge in [-0.1, -0.05) is 60.4 Å². The molecule has 4 rings (SSSR count). The number of fused-ring (bicyclic) bond motifs is 2. The fourth-order valence-corrected chi connectivity index (χ4v) is 4.12. The molecule has 0 saturated carbocycles. The first-order valence-corrected chi connectivity index (χ1v) is 11.4. The summed E-state index contributed by atoms with van der Waals surface area (Å²) in [6, 6.07) is 18.1. The highest BCUT2D eigenvalue weighted by molar-refractivity contribution is 5.75. The van der Waals surface area contributed by atoms with E-state index in [2.05, 4.69) is 71.0 Å². The van der Waals surface area contributed by atoms with Crippen LogP contribution < -0.4 is 10.6 Å². The Hall–Kier alpha value is -3.58. The summed E-state index contributed by atoms with van der Waals surface area (Å²) in [5, 5.41) is 22.5. The fourth-order valence-electron chi connectivity index (χ4n) is 4.12. The van der Waals surface area contributed by atoms with Crippen molar-refractivity contribution in [1.29, 1.82) is 0 Å². The van der Waals surface area contributed by atoms with Gasteiger partial charge in [0.25, 0.3) is 0 Å². The molecule has 2 aliphatic rings. The van der Waals surface area contributed by atoms with Gasteiger partial charge in [0.05, 0.1) is 25.9 Å². The molecule has 2 aromatic rings. The summed E-state index contributed by atoms with van der Waals surface area (Å²) in [5.74, 6) is 3.08. The number of aliphatic carboxylic acids is 2. The van der Waals surface area contributed by atoms with Gasteiger partial charge < -0.3 is 10.2 Å². The molecule has 4 N–H and O–H groups in total. The van der Waals surface area contributed by atoms with Crippen molar-refractivity contribution in [3.63, 3.8) is 0 Å².